The number of aromatic nitrogens is 3. The zero-order chi connectivity index (χ0) is 17.6. The number of fused-ring (bicyclic) bond motifs is 2. The Morgan fingerprint density at radius 3 is 2.72 bits per heavy atom. The number of pyridine rings is 1. The van der Waals surface area contributed by atoms with E-state index in [9.17, 15) is 14.4 Å². The van der Waals surface area contributed by atoms with E-state index in [1.165, 1.54) is 10.5 Å². The second-order valence-electron chi connectivity index (χ2n) is 5.78. The van der Waals surface area contributed by atoms with Gasteiger partial charge in [0.1, 0.15) is 5.65 Å². The molecule has 124 valence electrons. The molecule has 7 heteroatoms. The van der Waals surface area contributed by atoms with Gasteiger partial charge in [-0.1, -0.05) is 29.5 Å². The maximum atomic E-state index is 12.6. The Bertz CT molecular complexity index is 1300. The summed E-state index contributed by atoms with van der Waals surface area (Å²) in [6.07, 6.45) is 1.71. The highest BCUT2D eigenvalue weighted by atomic mass is 32.1. The van der Waals surface area contributed by atoms with E-state index in [1.807, 2.05) is 13.0 Å². The van der Waals surface area contributed by atoms with E-state index in [0.717, 1.165) is 21.5 Å². The largest absolute Gasteiger partial charge is 0.310 e. The van der Waals surface area contributed by atoms with Crippen molar-refractivity contribution in [3.8, 4) is 0 Å². The monoisotopic (exact) mass is 351 g/mol. The van der Waals surface area contributed by atoms with Gasteiger partial charge in [0.25, 0.3) is 11.1 Å². The first-order valence-corrected chi connectivity index (χ1v) is 8.46. The Hall–Kier alpha value is -3.06. The van der Waals surface area contributed by atoms with Crippen LogP contribution >= 0.6 is 11.3 Å². The lowest BCUT2D eigenvalue weighted by Crippen LogP contribution is -2.32. The van der Waals surface area contributed by atoms with Crippen LogP contribution in [0, 0.1) is 6.92 Å². The fourth-order valence-corrected chi connectivity index (χ4v) is 3.61. The second-order valence-corrected chi connectivity index (χ2v) is 6.77. The van der Waals surface area contributed by atoms with Gasteiger partial charge in [-0.15, -0.1) is 0 Å². The lowest BCUT2D eigenvalue weighted by molar-refractivity contribution is 0.729. The molecule has 0 aliphatic heterocycles. The van der Waals surface area contributed by atoms with Gasteiger partial charge in [-0.2, -0.15) is 0 Å². The summed E-state index contributed by atoms with van der Waals surface area (Å²) in [7, 11) is 0. The molecule has 4 rings (SSSR count). The first-order valence-electron chi connectivity index (χ1n) is 7.64. The van der Waals surface area contributed by atoms with E-state index in [1.54, 1.807) is 36.5 Å². The summed E-state index contributed by atoms with van der Waals surface area (Å²) in [6.45, 7) is 1.86. The molecule has 3 aromatic heterocycles. The second kappa shape index (κ2) is 5.78. The van der Waals surface area contributed by atoms with Gasteiger partial charge < -0.3 is 0 Å². The van der Waals surface area contributed by atoms with Gasteiger partial charge in [-0.05, 0) is 30.7 Å². The van der Waals surface area contributed by atoms with Gasteiger partial charge in [-0.3, -0.25) is 23.4 Å². The third-order valence-corrected chi connectivity index (χ3v) is 4.93. The molecular weight excluding hydrogens is 338 g/mol. The van der Waals surface area contributed by atoms with E-state index >= 15 is 0 Å². The van der Waals surface area contributed by atoms with E-state index in [0.29, 0.717) is 21.4 Å². The predicted octanol–water partition coefficient (Wildman–Crippen LogP) is 1.79. The van der Waals surface area contributed by atoms with Gasteiger partial charge >= 0.3 is 4.87 Å². The van der Waals surface area contributed by atoms with E-state index in [2.05, 4.69) is 4.98 Å². The van der Waals surface area contributed by atoms with E-state index in [4.69, 9.17) is 0 Å². The highest BCUT2D eigenvalue weighted by Crippen LogP contribution is 2.11. The van der Waals surface area contributed by atoms with E-state index in [-0.39, 0.29) is 22.5 Å². The molecule has 0 spiro atoms. The van der Waals surface area contributed by atoms with Crippen molar-refractivity contribution in [2.75, 3.05) is 0 Å². The van der Waals surface area contributed by atoms with Gasteiger partial charge in [0.05, 0.1) is 17.6 Å². The number of benzene rings is 1. The van der Waals surface area contributed by atoms with Gasteiger partial charge in [0.15, 0.2) is 0 Å². The fourth-order valence-electron chi connectivity index (χ4n) is 2.75. The van der Waals surface area contributed by atoms with Crippen LogP contribution in [0.3, 0.4) is 0 Å². The number of aryl methyl sites for hydroxylation is 1. The number of rotatable bonds is 2. The molecule has 0 N–H and O–H groups in total. The summed E-state index contributed by atoms with van der Waals surface area (Å²) in [5.41, 5.74) is 1.20. The normalized spacial score (nSPS) is 11.2. The van der Waals surface area contributed by atoms with Crippen LogP contribution in [0.15, 0.2) is 63.0 Å². The lowest BCUT2D eigenvalue weighted by atomic mass is 10.3. The molecule has 4 aromatic rings. The zero-order valence-electron chi connectivity index (χ0n) is 13.3. The van der Waals surface area contributed by atoms with Crippen LogP contribution in [-0.4, -0.2) is 14.0 Å². The third kappa shape index (κ3) is 2.68. The molecule has 0 amide bonds. The third-order valence-electron chi connectivity index (χ3n) is 3.96. The molecule has 0 atom stereocenters. The quantitative estimate of drug-likeness (QED) is 0.552. The Kier molecular flexibility index (Phi) is 3.58. The molecule has 0 radical (unpaired) electrons. The van der Waals surface area contributed by atoms with Crippen molar-refractivity contribution >= 4 is 27.1 Å². The minimum absolute atomic E-state index is 0.0291. The van der Waals surface area contributed by atoms with Crippen LogP contribution in [0.5, 0.6) is 0 Å². The molecule has 25 heavy (non-hydrogen) atoms. The summed E-state index contributed by atoms with van der Waals surface area (Å²) in [6, 6.07) is 11.9. The van der Waals surface area contributed by atoms with Crippen LogP contribution in [-0.2, 0) is 6.54 Å². The van der Waals surface area contributed by atoms with Crippen molar-refractivity contribution < 1.29 is 0 Å². The standard InChI is InChI=1S/C18H13N3O3S/c1-11-6-7-15-19-12(8-16(22)20(15)9-11)10-21-17(23)13-4-2-3-5-14(13)25-18(21)24/h2-9H,10H2,1H3. The molecule has 6 nitrogen and oxygen atoms in total. The Morgan fingerprint density at radius 1 is 1.08 bits per heavy atom. The average Bonchev–Trinajstić information content (AvgIpc) is 2.59. The van der Waals surface area contributed by atoms with Crippen molar-refractivity contribution in [3.05, 3.63) is 90.3 Å². The topological polar surface area (TPSA) is 73.4 Å². The van der Waals surface area contributed by atoms with Crippen molar-refractivity contribution in [2.24, 2.45) is 0 Å². The molecule has 0 saturated carbocycles. The SMILES string of the molecule is Cc1ccc2nc(Cn3c(=O)sc4ccccc4c3=O)cc(=O)n2c1. The minimum Gasteiger partial charge on any atom is -0.269 e. The molecular formula is C18H13N3O3S. The van der Waals surface area contributed by atoms with Crippen molar-refractivity contribution in [3.63, 3.8) is 0 Å². The number of nitrogens with zero attached hydrogens (tertiary/aromatic N) is 3. The van der Waals surface area contributed by atoms with Crippen LogP contribution < -0.4 is 16.0 Å². The summed E-state index contributed by atoms with van der Waals surface area (Å²) in [5.74, 6) is 0. The smallest absolute Gasteiger partial charge is 0.269 e. The van der Waals surface area contributed by atoms with Crippen molar-refractivity contribution in [1.29, 1.82) is 0 Å². The fraction of sp³-hybridized carbons (Fsp3) is 0.111. The van der Waals surface area contributed by atoms with Gasteiger partial charge in [0, 0.05) is 17.0 Å². The number of hydrogen-bond acceptors (Lipinski definition) is 5. The zero-order valence-corrected chi connectivity index (χ0v) is 14.1. The summed E-state index contributed by atoms with van der Waals surface area (Å²) in [5, 5.41) is 0.486. The van der Waals surface area contributed by atoms with Crippen LogP contribution in [0.2, 0.25) is 0 Å². The molecule has 0 aliphatic rings. The molecule has 3 heterocycles. The van der Waals surface area contributed by atoms with Crippen molar-refractivity contribution in [1.82, 2.24) is 14.0 Å². The number of hydrogen-bond donors (Lipinski definition) is 0. The Labute approximate surface area is 145 Å². The first-order chi connectivity index (χ1) is 12.0. The van der Waals surface area contributed by atoms with Crippen LogP contribution in [0.25, 0.3) is 15.7 Å². The highest BCUT2D eigenvalue weighted by Gasteiger charge is 2.10. The summed E-state index contributed by atoms with van der Waals surface area (Å²) >= 11 is 1.01. The maximum Gasteiger partial charge on any atom is 0.310 e. The molecule has 0 aliphatic carbocycles. The molecule has 0 fully saturated rings. The van der Waals surface area contributed by atoms with Crippen LogP contribution in [0.1, 0.15) is 11.3 Å². The van der Waals surface area contributed by atoms with E-state index < -0.39 is 0 Å². The first kappa shape index (κ1) is 15.5. The van der Waals surface area contributed by atoms with Crippen molar-refractivity contribution in [2.45, 2.75) is 13.5 Å². The Morgan fingerprint density at radius 2 is 1.88 bits per heavy atom. The molecule has 0 unspecified atom stereocenters. The minimum atomic E-state index is -0.370. The van der Waals surface area contributed by atoms with Crippen LogP contribution in [0.4, 0.5) is 0 Å². The highest BCUT2D eigenvalue weighted by molar-refractivity contribution is 7.16. The predicted molar refractivity (Wildman–Crippen MR) is 97.7 cm³/mol. The summed E-state index contributed by atoms with van der Waals surface area (Å²) < 4.78 is 3.22. The van der Waals surface area contributed by atoms with Gasteiger partial charge in [-0.25, -0.2) is 4.98 Å². The summed E-state index contributed by atoms with van der Waals surface area (Å²) in [4.78, 5) is 41.2. The molecule has 0 bridgehead atoms. The molecule has 1 aromatic carbocycles. The Balaban J connectivity index is 1.88. The average molecular weight is 351 g/mol. The lowest BCUT2D eigenvalue weighted by Gasteiger charge is -2.07. The maximum absolute atomic E-state index is 12.6. The molecule has 0 saturated heterocycles. The van der Waals surface area contributed by atoms with Gasteiger partial charge in [0.2, 0.25) is 0 Å².